The molecule has 6 heteroatoms. The molecule has 6 nitrogen and oxygen atoms in total. The zero-order valence-corrected chi connectivity index (χ0v) is 45.6. The van der Waals surface area contributed by atoms with Gasteiger partial charge in [0.1, 0.15) is 13.2 Å². The number of unbranched alkanes of at least 4 members (excludes halogenated alkanes) is 30. The summed E-state index contributed by atoms with van der Waals surface area (Å²) in [6, 6.07) is 0. The number of rotatable bonds is 53. The van der Waals surface area contributed by atoms with Crippen molar-refractivity contribution in [2.45, 2.75) is 297 Å². The monoisotopic (exact) mass is 963 g/mol. The van der Waals surface area contributed by atoms with Crippen LogP contribution in [0.4, 0.5) is 0 Å². The van der Waals surface area contributed by atoms with Crippen molar-refractivity contribution in [1.29, 1.82) is 0 Å². The molecule has 0 saturated carbocycles. The Morgan fingerprint density at radius 3 is 0.841 bits per heavy atom. The molecule has 0 saturated heterocycles. The highest BCUT2D eigenvalue weighted by Gasteiger charge is 2.19. The Kier molecular flexibility index (Phi) is 54.8. The molecule has 0 amide bonds. The van der Waals surface area contributed by atoms with E-state index in [9.17, 15) is 14.4 Å². The van der Waals surface area contributed by atoms with Gasteiger partial charge in [0.25, 0.3) is 0 Å². The molecule has 0 radical (unpaired) electrons. The molecule has 0 aromatic heterocycles. The van der Waals surface area contributed by atoms with E-state index in [4.69, 9.17) is 14.2 Å². The highest BCUT2D eigenvalue weighted by molar-refractivity contribution is 5.71. The van der Waals surface area contributed by atoms with E-state index in [1.807, 2.05) is 0 Å². The minimum atomic E-state index is -0.805. The van der Waals surface area contributed by atoms with E-state index in [0.29, 0.717) is 19.3 Å². The van der Waals surface area contributed by atoms with Gasteiger partial charge in [0.2, 0.25) is 0 Å². The molecule has 0 aromatic rings. The number of ether oxygens (including phenoxy) is 3. The molecule has 0 aliphatic rings. The van der Waals surface area contributed by atoms with Crippen molar-refractivity contribution < 1.29 is 28.6 Å². The van der Waals surface area contributed by atoms with Gasteiger partial charge in [-0.15, -0.1) is 0 Å². The second-order valence-corrected chi connectivity index (χ2v) is 19.6. The summed E-state index contributed by atoms with van der Waals surface area (Å²) in [5, 5.41) is 0. The molecule has 69 heavy (non-hydrogen) atoms. The third-order valence-corrected chi connectivity index (χ3v) is 12.7. The van der Waals surface area contributed by atoms with Crippen molar-refractivity contribution in [1.82, 2.24) is 0 Å². The average molecular weight is 964 g/mol. The maximum absolute atomic E-state index is 12.9. The van der Waals surface area contributed by atoms with Crippen molar-refractivity contribution in [3.8, 4) is 0 Å². The third kappa shape index (κ3) is 55.6. The fourth-order valence-corrected chi connectivity index (χ4v) is 8.22. The summed E-state index contributed by atoms with van der Waals surface area (Å²) in [5.74, 6) is -0.968. The van der Waals surface area contributed by atoms with Crippen LogP contribution < -0.4 is 0 Å². The number of carbonyl (C=O) groups is 3. The van der Waals surface area contributed by atoms with Crippen molar-refractivity contribution in [3.63, 3.8) is 0 Å². The first kappa shape index (κ1) is 65.8. The van der Waals surface area contributed by atoms with Gasteiger partial charge in [0.05, 0.1) is 0 Å². The summed E-state index contributed by atoms with van der Waals surface area (Å²) in [7, 11) is 0. The molecule has 398 valence electrons. The molecule has 0 aliphatic heterocycles. The van der Waals surface area contributed by atoms with E-state index in [1.165, 1.54) is 167 Å². The molecule has 0 rings (SSSR count). The SMILES string of the molecule is CCCCC/C=C\C/C=C\C/C=C\CCCCC(=O)OCC(COC(=O)CCCC/C=C\C/C=C\C/C=C\CCCCC)OC(=O)CCCCCCCCCCCCCCCCCCCCCCC. The Balaban J connectivity index is 4.42. The molecule has 0 aliphatic carbocycles. The van der Waals surface area contributed by atoms with Gasteiger partial charge >= 0.3 is 17.9 Å². The normalized spacial score (nSPS) is 12.2. The Bertz CT molecular complexity index is 1220. The molecule has 0 atom stereocenters. The number of esters is 3. The van der Waals surface area contributed by atoms with Gasteiger partial charge in [-0.2, -0.15) is 0 Å². The number of allylic oxidation sites excluding steroid dienone is 12. The third-order valence-electron chi connectivity index (χ3n) is 12.7. The van der Waals surface area contributed by atoms with Crippen LogP contribution in [0, 0.1) is 0 Å². The average Bonchev–Trinajstić information content (AvgIpc) is 3.35. The van der Waals surface area contributed by atoms with E-state index in [-0.39, 0.29) is 31.1 Å². The maximum Gasteiger partial charge on any atom is 0.306 e. The van der Waals surface area contributed by atoms with Crippen molar-refractivity contribution in [2.24, 2.45) is 0 Å². The Morgan fingerprint density at radius 1 is 0.290 bits per heavy atom. The van der Waals surface area contributed by atoms with Gasteiger partial charge in [-0.3, -0.25) is 14.4 Å². The van der Waals surface area contributed by atoms with Crippen molar-refractivity contribution >= 4 is 17.9 Å². The zero-order chi connectivity index (χ0) is 50.0. The van der Waals surface area contributed by atoms with Crippen LogP contribution in [0.1, 0.15) is 290 Å². The van der Waals surface area contributed by atoms with Crippen LogP contribution >= 0.6 is 0 Å². The molecule has 0 spiro atoms. The Hall–Kier alpha value is -3.15. The second kappa shape index (κ2) is 57.4. The van der Waals surface area contributed by atoms with Crippen LogP contribution in [0.15, 0.2) is 72.9 Å². The minimum absolute atomic E-state index is 0.105. The van der Waals surface area contributed by atoms with Gasteiger partial charge in [0, 0.05) is 19.3 Å². The molecule has 0 bridgehead atoms. The Labute approximate surface area is 427 Å². The smallest absolute Gasteiger partial charge is 0.306 e. The summed E-state index contributed by atoms with van der Waals surface area (Å²) in [6.07, 6.45) is 73.3. The summed E-state index contributed by atoms with van der Waals surface area (Å²) in [4.78, 5) is 38.1. The maximum atomic E-state index is 12.9. The van der Waals surface area contributed by atoms with E-state index in [1.54, 1.807) is 0 Å². The standard InChI is InChI=1S/C63H110O6/c1-4-7-10-13-16-19-22-25-28-29-30-31-32-33-36-39-42-45-48-51-54-57-63(66)69-60(58-67-61(64)55-52-49-46-43-40-37-34-26-23-20-17-14-11-8-5-2)59-68-62(65)56-53-50-47-44-41-38-35-27-24-21-18-15-12-9-6-3/h17-18,20-21,26-27,34-35,40-41,43-44,60H,4-16,19,22-25,28-33,36-39,42,45-59H2,1-3H3/b20-17-,21-18-,34-26-,35-27-,43-40-,44-41-. The topological polar surface area (TPSA) is 78.9 Å². The summed E-state index contributed by atoms with van der Waals surface area (Å²) in [6.45, 7) is 6.54. The number of hydrogen-bond donors (Lipinski definition) is 0. The summed E-state index contributed by atoms with van der Waals surface area (Å²) < 4.78 is 16.8. The second-order valence-electron chi connectivity index (χ2n) is 19.6. The lowest BCUT2D eigenvalue weighted by molar-refractivity contribution is -0.167. The first-order chi connectivity index (χ1) is 34.0. The van der Waals surface area contributed by atoms with Gasteiger partial charge in [0.15, 0.2) is 6.10 Å². The van der Waals surface area contributed by atoms with Crippen LogP contribution in [-0.4, -0.2) is 37.2 Å². The molecular formula is C63H110O6. The van der Waals surface area contributed by atoms with Crippen LogP contribution in [0.3, 0.4) is 0 Å². The van der Waals surface area contributed by atoms with Crippen LogP contribution in [0.2, 0.25) is 0 Å². The van der Waals surface area contributed by atoms with Crippen molar-refractivity contribution in [2.75, 3.05) is 13.2 Å². The summed E-state index contributed by atoms with van der Waals surface area (Å²) >= 11 is 0. The van der Waals surface area contributed by atoms with Gasteiger partial charge in [-0.25, -0.2) is 0 Å². The van der Waals surface area contributed by atoms with Crippen LogP contribution in [0.25, 0.3) is 0 Å². The first-order valence-electron chi connectivity index (χ1n) is 29.4. The molecule has 0 heterocycles. The minimum Gasteiger partial charge on any atom is -0.462 e. The van der Waals surface area contributed by atoms with Gasteiger partial charge in [-0.05, 0) is 96.3 Å². The van der Waals surface area contributed by atoms with Crippen LogP contribution in [-0.2, 0) is 28.6 Å². The fraction of sp³-hybridized carbons (Fsp3) is 0.762. The quantitative estimate of drug-likeness (QED) is 0.0262. The van der Waals surface area contributed by atoms with Gasteiger partial charge in [-0.1, -0.05) is 248 Å². The highest BCUT2D eigenvalue weighted by atomic mass is 16.6. The highest BCUT2D eigenvalue weighted by Crippen LogP contribution is 2.16. The largest absolute Gasteiger partial charge is 0.462 e. The molecular weight excluding hydrogens is 853 g/mol. The van der Waals surface area contributed by atoms with Crippen molar-refractivity contribution in [3.05, 3.63) is 72.9 Å². The van der Waals surface area contributed by atoms with E-state index >= 15 is 0 Å². The zero-order valence-electron chi connectivity index (χ0n) is 45.6. The molecule has 0 unspecified atom stereocenters. The number of carbonyl (C=O) groups excluding carboxylic acids is 3. The first-order valence-corrected chi connectivity index (χ1v) is 29.4. The lowest BCUT2D eigenvalue weighted by Gasteiger charge is -2.18. The van der Waals surface area contributed by atoms with E-state index in [0.717, 1.165) is 83.5 Å². The number of hydrogen-bond acceptors (Lipinski definition) is 6. The molecule has 0 fully saturated rings. The lowest BCUT2D eigenvalue weighted by atomic mass is 10.0. The van der Waals surface area contributed by atoms with Crippen LogP contribution in [0.5, 0.6) is 0 Å². The molecule has 0 aromatic carbocycles. The van der Waals surface area contributed by atoms with E-state index in [2.05, 4.69) is 93.7 Å². The predicted octanol–water partition coefficient (Wildman–Crippen LogP) is 19.8. The fourth-order valence-electron chi connectivity index (χ4n) is 8.22. The molecule has 0 N–H and O–H groups in total. The van der Waals surface area contributed by atoms with Gasteiger partial charge < -0.3 is 14.2 Å². The Morgan fingerprint density at radius 2 is 0.522 bits per heavy atom. The van der Waals surface area contributed by atoms with E-state index < -0.39 is 6.10 Å². The lowest BCUT2D eigenvalue weighted by Crippen LogP contribution is -2.30. The summed E-state index contributed by atoms with van der Waals surface area (Å²) in [5.41, 5.74) is 0. The predicted molar refractivity (Wildman–Crippen MR) is 298 cm³/mol.